The zero-order valence-corrected chi connectivity index (χ0v) is 16.0. The fourth-order valence-electron chi connectivity index (χ4n) is 3.57. The van der Waals surface area contributed by atoms with Crippen LogP contribution in [-0.2, 0) is 4.79 Å². The highest BCUT2D eigenvalue weighted by Crippen LogP contribution is 2.31. The van der Waals surface area contributed by atoms with E-state index in [0.29, 0.717) is 10.9 Å². The number of carbonyl (C=O) groups is 1. The lowest BCUT2D eigenvalue weighted by molar-refractivity contribution is -0.115. The van der Waals surface area contributed by atoms with E-state index in [4.69, 9.17) is 9.52 Å². The van der Waals surface area contributed by atoms with Crippen molar-refractivity contribution in [3.05, 3.63) is 39.7 Å². The molecule has 6 nitrogen and oxygen atoms in total. The molecule has 0 atom stereocenters. The average Bonchev–Trinajstić information content (AvgIpc) is 3.34. The molecule has 4 rings (SSSR count). The Morgan fingerprint density at radius 2 is 2.08 bits per heavy atom. The average molecular weight is 370 g/mol. The van der Waals surface area contributed by atoms with Gasteiger partial charge >= 0.3 is 0 Å². The summed E-state index contributed by atoms with van der Waals surface area (Å²) in [6, 6.07) is 4.32. The monoisotopic (exact) mass is 370 g/mol. The molecule has 1 saturated heterocycles. The number of aryl methyl sites for hydroxylation is 2. The predicted octanol–water partition coefficient (Wildman–Crippen LogP) is 3.89. The van der Waals surface area contributed by atoms with E-state index >= 15 is 0 Å². The first kappa shape index (κ1) is 17.1. The third-order valence-corrected chi connectivity index (χ3v) is 5.80. The first-order chi connectivity index (χ1) is 12.5. The quantitative estimate of drug-likeness (QED) is 0.832. The Balaban J connectivity index is 1.61. The number of nitrogens with zero attached hydrogens (tertiary/aromatic N) is 3. The molecule has 2 fully saturated rings. The van der Waals surface area contributed by atoms with Crippen LogP contribution < -0.4 is 5.32 Å². The van der Waals surface area contributed by atoms with E-state index in [0.717, 1.165) is 46.5 Å². The third-order valence-electron chi connectivity index (χ3n) is 4.88. The number of hydrogen-bond acceptors (Lipinski definition) is 5. The van der Waals surface area contributed by atoms with Crippen LogP contribution in [0.4, 0.5) is 0 Å². The van der Waals surface area contributed by atoms with Crippen molar-refractivity contribution < 1.29 is 9.32 Å². The standard InChI is InChI=1S/C19H22N4O2S/c1-11-8-14(13(3)23(11)17-9-12(2)25-22-17)10-16-18(24)21-19(26-16)20-15-6-4-5-7-15/h8-10,15H,4-7H2,1-3H3,(H,20,21,24)/b16-10-. The van der Waals surface area contributed by atoms with Crippen molar-refractivity contribution in [3.8, 4) is 5.82 Å². The summed E-state index contributed by atoms with van der Waals surface area (Å²) in [5, 5.41) is 7.73. The number of carbonyl (C=O) groups excluding carboxylic acids is 1. The maximum Gasteiger partial charge on any atom is 0.264 e. The van der Waals surface area contributed by atoms with Gasteiger partial charge in [-0.3, -0.25) is 14.4 Å². The summed E-state index contributed by atoms with van der Waals surface area (Å²) in [5.74, 6) is 1.45. The van der Waals surface area contributed by atoms with E-state index in [-0.39, 0.29) is 5.91 Å². The van der Waals surface area contributed by atoms with Crippen molar-refractivity contribution >= 4 is 28.9 Å². The largest absolute Gasteiger partial charge is 0.360 e. The number of thioether (sulfide) groups is 1. The number of aromatic nitrogens is 2. The SMILES string of the molecule is Cc1cc(-n2c(C)cc(/C=C3\SC(=NC4CCCC4)NC3=O)c2C)no1. The highest BCUT2D eigenvalue weighted by atomic mass is 32.2. The lowest BCUT2D eigenvalue weighted by Gasteiger charge is -2.04. The molecular formula is C19H22N4O2S. The molecule has 7 heteroatoms. The first-order valence-electron chi connectivity index (χ1n) is 8.92. The minimum Gasteiger partial charge on any atom is -0.360 e. The van der Waals surface area contributed by atoms with E-state index in [1.807, 2.05) is 37.5 Å². The van der Waals surface area contributed by atoms with E-state index in [2.05, 4.69) is 16.5 Å². The van der Waals surface area contributed by atoms with Crippen molar-refractivity contribution in [1.82, 2.24) is 15.0 Å². The van der Waals surface area contributed by atoms with Crippen molar-refractivity contribution in [2.45, 2.75) is 52.5 Å². The number of aliphatic imine (C=N–C) groups is 1. The number of hydrogen-bond donors (Lipinski definition) is 1. The van der Waals surface area contributed by atoms with Crippen LogP contribution in [0.1, 0.15) is 48.4 Å². The Morgan fingerprint density at radius 3 is 2.77 bits per heavy atom. The van der Waals surface area contributed by atoms with Crippen LogP contribution in [0.2, 0.25) is 0 Å². The van der Waals surface area contributed by atoms with Crippen LogP contribution in [0.15, 0.2) is 26.6 Å². The molecule has 1 saturated carbocycles. The molecule has 0 spiro atoms. The number of nitrogens with one attached hydrogen (secondary N) is 1. The molecule has 1 N–H and O–H groups in total. The molecule has 0 unspecified atom stereocenters. The van der Waals surface area contributed by atoms with Gasteiger partial charge in [-0.15, -0.1) is 0 Å². The second-order valence-corrected chi connectivity index (χ2v) is 7.93. The fraction of sp³-hybridized carbons (Fsp3) is 0.421. The van der Waals surface area contributed by atoms with Crippen molar-refractivity contribution in [2.24, 2.45) is 4.99 Å². The molecule has 0 aromatic carbocycles. The Morgan fingerprint density at radius 1 is 1.31 bits per heavy atom. The summed E-state index contributed by atoms with van der Waals surface area (Å²) in [6.07, 6.45) is 6.64. The van der Waals surface area contributed by atoms with Crippen molar-refractivity contribution in [3.63, 3.8) is 0 Å². The van der Waals surface area contributed by atoms with Gasteiger partial charge in [0.1, 0.15) is 5.76 Å². The molecule has 0 bridgehead atoms. The van der Waals surface area contributed by atoms with E-state index in [1.54, 1.807) is 0 Å². The van der Waals surface area contributed by atoms with Gasteiger partial charge in [-0.05, 0) is 63.1 Å². The van der Waals surface area contributed by atoms with Crippen LogP contribution in [-0.4, -0.2) is 26.8 Å². The zero-order valence-electron chi connectivity index (χ0n) is 15.2. The molecule has 26 heavy (non-hydrogen) atoms. The Bertz CT molecular complexity index is 916. The highest BCUT2D eigenvalue weighted by molar-refractivity contribution is 8.18. The molecule has 1 aliphatic heterocycles. The van der Waals surface area contributed by atoms with Crippen molar-refractivity contribution in [2.75, 3.05) is 0 Å². The second-order valence-electron chi connectivity index (χ2n) is 6.89. The van der Waals surface area contributed by atoms with Gasteiger partial charge in [-0.25, -0.2) is 0 Å². The summed E-state index contributed by atoms with van der Waals surface area (Å²) in [7, 11) is 0. The molecule has 136 valence electrons. The molecular weight excluding hydrogens is 348 g/mol. The summed E-state index contributed by atoms with van der Waals surface area (Å²) < 4.78 is 7.23. The van der Waals surface area contributed by atoms with E-state index in [9.17, 15) is 4.79 Å². The fourth-order valence-corrected chi connectivity index (χ4v) is 4.46. The molecule has 0 radical (unpaired) electrons. The number of amides is 1. The normalized spacial score (nSPS) is 21.3. The highest BCUT2D eigenvalue weighted by Gasteiger charge is 2.26. The molecule has 2 aliphatic rings. The molecule has 2 aromatic rings. The number of amidine groups is 1. The smallest absolute Gasteiger partial charge is 0.264 e. The van der Waals surface area contributed by atoms with Gasteiger partial charge in [0.2, 0.25) is 0 Å². The Hall–Kier alpha value is -2.28. The van der Waals surface area contributed by atoms with Gasteiger partial charge in [0, 0.05) is 17.5 Å². The molecule has 3 heterocycles. The number of rotatable bonds is 3. The van der Waals surface area contributed by atoms with Gasteiger partial charge in [0.25, 0.3) is 5.91 Å². The summed E-state index contributed by atoms with van der Waals surface area (Å²) in [6.45, 7) is 5.92. The lowest BCUT2D eigenvalue weighted by Crippen LogP contribution is -2.21. The Labute approximate surface area is 156 Å². The minimum absolute atomic E-state index is 0.0752. The minimum atomic E-state index is -0.0752. The van der Waals surface area contributed by atoms with Gasteiger partial charge in [-0.2, -0.15) is 0 Å². The molecule has 2 aromatic heterocycles. The summed E-state index contributed by atoms with van der Waals surface area (Å²) in [5.41, 5.74) is 3.08. The lowest BCUT2D eigenvalue weighted by atomic mass is 10.2. The van der Waals surface area contributed by atoms with Gasteiger partial charge < -0.3 is 9.84 Å². The van der Waals surface area contributed by atoms with E-state index < -0.39 is 0 Å². The van der Waals surface area contributed by atoms with Gasteiger partial charge in [-0.1, -0.05) is 18.0 Å². The second kappa shape index (κ2) is 6.79. The predicted molar refractivity (Wildman–Crippen MR) is 103 cm³/mol. The summed E-state index contributed by atoms with van der Waals surface area (Å²) in [4.78, 5) is 17.7. The van der Waals surface area contributed by atoms with E-state index in [1.165, 1.54) is 24.6 Å². The van der Waals surface area contributed by atoms with Crippen LogP contribution >= 0.6 is 11.8 Å². The van der Waals surface area contributed by atoms with Crippen LogP contribution in [0.3, 0.4) is 0 Å². The first-order valence-corrected chi connectivity index (χ1v) is 9.74. The molecule has 1 amide bonds. The third kappa shape index (κ3) is 3.23. The maximum atomic E-state index is 12.3. The van der Waals surface area contributed by atoms with Crippen LogP contribution in [0.5, 0.6) is 0 Å². The topological polar surface area (TPSA) is 72.4 Å². The van der Waals surface area contributed by atoms with Gasteiger partial charge in [0.15, 0.2) is 11.0 Å². The van der Waals surface area contributed by atoms with Crippen LogP contribution in [0.25, 0.3) is 11.9 Å². The van der Waals surface area contributed by atoms with Crippen LogP contribution in [0, 0.1) is 20.8 Å². The maximum absolute atomic E-state index is 12.3. The summed E-state index contributed by atoms with van der Waals surface area (Å²) >= 11 is 1.43. The zero-order chi connectivity index (χ0) is 18.3. The Kier molecular flexibility index (Phi) is 4.48. The van der Waals surface area contributed by atoms with Gasteiger partial charge in [0.05, 0.1) is 10.9 Å². The van der Waals surface area contributed by atoms with Crippen molar-refractivity contribution in [1.29, 1.82) is 0 Å². The molecule has 1 aliphatic carbocycles.